The molecule has 0 atom stereocenters. The number of hydrogen-bond acceptors (Lipinski definition) is 2. The Kier molecular flexibility index (Phi) is 3.42. The van der Waals surface area contributed by atoms with E-state index in [1.807, 2.05) is 0 Å². The maximum absolute atomic E-state index is 13.5. The standard InChI is InChI=1S/C11H8BrF2N3O/c1-5-7(4-15-17-5)11(18)16-10-8(13)2-6(12)3-9(10)14/h2-4H,1H3,(H,15,17)(H,16,18). The zero-order valence-corrected chi connectivity index (χ0v) is 10.8. The third-order valence-corrected chi connectivity index (χ3v) is 2.78. The Bertz CT molecular complexity index is 589. The summed E-state index contributed by atoms with van der Waals surface area (Å²) in [5, 5.41) is 8.41. The van der Waals surface area contributed by atoms with Gasteiger partial charge in [0.2, 0.25) is 0 Å². The fraction of sp³-hybridized carbons (Fsp3) is 0.0909. The molecule has 0 aliphatic heterocycles. The van der Waals surface area contributed by atoms with Gasteiger partial charge in [0.15, 0.2) is 11.6 Å². The SMILES string of the molecule is Cc1[nH]ncc1C(=O)Nc1c(F)cc(Br)cc1F. The first kappa shape index (κ1) is 12.7. The minimum absolute atomic E-state index is 0.233. The number of hydrogen-bond donors (Lipinski definition) is 2. The van der Waals surface area contributed by atoms with Gasteiger partial charge in [-0.15, -0.1) is 0 Å². The molecule has 0 spiro atoms. The van der Waals surface area contributed by atoms with E-state index in [0.717, 1.165) is 12.1 Å². The molecule has 1 amide bonds. The van der Waals surface area contributed by atoms with Crippen LogP contribution in [-0.4, -0.2) is 16.1 Å². The fourth-order valence-electron chi connectivity index (χ4n) is 1.42. The van der Waals surface area contributed by atoms with E-state index in [4.69, 9.17) is 0 Å². The Morgan fingerprint density at radius 3 is 2.50 bits per heavy atom. The summed E-state index contributed by atoms with van der Waals surface area (Å²) in [6.07, 6.45) is 1.29. The molecule has 1 aromatic heterocycles. The van der Waals surface area contributed by atoms with Crippen molar-refractivity contribution in [2.45, 2.75) is 6.92 Å². The lowest BCUT2D eigenvalue weighted by Crippen LogP contribution is -2.14. The van der Waals surface area contributed by atoms with Crippen molar-refractivity contribution in [3.8, 4) is 0 Å². The molecule has 0 aliphatic carbocycles. The van der Waals surface area contributed by atoms with Crippen LogP contribution < -0.4 is 5.32 Å². The number of H-pyrrole nitrogens is 1. The number of nitrogens with one attached hydrogen (secondary N) is 2. The second-order valence-corrected chi connectivity index (χ2v) is 4.52. The average Bonchev–Trinajstić information content (AvgIpc) is 2.69. The summed E-state index contributed by atoms with van der Waals surface area (Å²) in [6.45, 7) is 1.64. The number of benzene rings is 1. The van der Waals surface area contributed by atoms with Crippen molar-refractivity contribution in [2.75, 3.05) is 5.32 Å². The summed E-state index contributed by atoms with van der Waals surface area (Å²) in [6, 6.07) is 2.14. The third-order valence-electron chi connectivity index (χ3n) is 2.32. The molecule has 0 radical (unpaired) electrons. The van der Waals surface area contributed by atoms with E-state index in [9.17, 15) is 13.6 Å². The highest BCUT2D eigenvalue weighted by molar-refractivity contribution is 9.10. The van der Waals surface area contributed by atoms with Crippen LogP contribution in [0, 0.1) is 18.6 Å². The van der Waals surface area contributed by atoms with Crippen LogP contribution in [0.25, 0.3) is 0 Å². The Morgan fingerprint density at radius 1 is 1.39 bits per heavy atom. The maximum atomic E-state index is 13.5. The van der Waals surface area contributed by atoms with Gasteiger partial charge in [0, 0.05) is 10.2 Å². The molecular weight excluding hydrogens is 308 g/mol. The zero-order valence-electron chi connectivity index (χ0n) is 9.22. The molecule has 1 aromatic carbocycles. The number of carbonyl (C=O) groups is 1. The Balaban J connectivity index is 2.31. The molecular formula is C11H8BrF2N3O. The zero-order chi connectivity index (χ0) is 13.3. The second-order valence-electron chi connectivity index (χ2n) is 3.61. The second kappa shape index (κ2) is 4.85. The largest absolute Gasteiger partial charge is 0.317 e. The smallest absolute Gasteiger partial charge is 0.259 e. The van der Waals surface area contributed by atoms with Crippen LogP contribution in [0.4, 0.5) is 14.5 Å². The van der Waals surface area contributed by atoms with Gasteiger partial charge in [-0.3, -0.25) is 9.89 Å². The highest BCUT2D eigenvalue weighted by atomic mass is 79.9. The van der Waals surface area contributed by atoms with Crippen molar-refractivity contribution in [1.82, 2.24) is 10.2 Å². The summed E-state index contributed by atoms with van der Waals surface area (Å²) >= 11 is 2.96. The topological polar surface area (TPSA) is 57.8 Å². The van der Waals surface area contributed by atoms with Crippen molar-refractivity contribution < 1.29 is 13.6 Å². The molecule has 2 rings (SSSR count). The molecule has 0 fully saturated rings. The summed E-state index contributed by atoms with van der Waals surface area (Å²) < 4.78 is 27.3. The first-order valence-electron chi connectivity index (χ1n) is 4.95. The highest BCUT2D eigenvalue weighted by Crippen LogP contribution is 2.24. The number of aromatic nitrogens is 2. The van der Waals surface area contributed by atoms with Crippen molar-refractivity contribution in [3.05, 3.63) is 45.7 Å². The van der Waals surface area contributed by atoms with Crippen LogP contribution in [0.3, 0.4) is 0 Å². The lowest BCUT2D eigenvalue weighted by molar-refractivity contribution is 0.102. The summed E-state index contributed by atoms with van der Waals surface area (Å²) in [5.74, 6) is -2.32. The maximum Gasteiger partial charge on any atom is 0.259 e. The van der Waals surface area contributed by atoms with Crippen LogP contribution in [0.2, 0.25) is 0 Å². The fourth-order valence-corrected chi connectivity index (χ4v) is 1.82. The minimum atomic E-state index is -0.851. The molecule has 0 bridgehead atoms. The predicted octanol–water partition coefficient (Wildman–Crippen LogP) is 3.01. The molecule has 18 heavy (non-hydrogen) atoms. The van der Waals surface area contributed by atoms with Gasteiger partial charge in [-0.2, -0.15) is 5.10 Å². The number of aryl methyl sites for hydroxylation is 1. The van der Waals surface area contributed by atoms with Crippen LogP contribution >= 0.6 is 15.9 Å². The van der Waals surface area contributed by atoms with E-state index >= 15 is 0 Å². The first-order chi connectivity index (χ1) is 8.49. The quantitative estimate of drug-likeness (QED) is 0.895. The van der Waals surface area contributed by atoms with Gasteiger partial charge < -0.3 is 5.32 Å². The van der Waals surface area contributed by atoms with E-state index < -0.39 is 23.2 Å². The Labute approximate surface area is 110 Å². The van der Waals surface area contributed by atoms with Crippen LogP contribution in [0.5, 0.6) is 0 Å². The molecule has 0 saturated heterocycles. The van der Waals surface area contributed by atoms with E-state index in [2.05, 4.69) is 31.4 Å². The molecule has 94 valence electrons. The molecule has 7 heteroatoms. The lowest BCUT2D eigenvalue weighted by Gasteiger charge is -2.07. The number of halogens is 3. The Hall–Kier alpha value is -1.76. The summed E-state index contributed by atoms with van der Waals surface area (Å²) in [7, 11) is 0. The molecule has 0 aliphatic rings. The molecule has 1 heterocycles. The predicted molar refractivity (Wildman–Crippen MR) is 65.3 cm³/mol. The van der Waals surface area contributed by atoms with Gasteiger partial charge in [0.1, 0.15) is 5.69 Å². The minimum Gasteiger partial charge on any atom is -0.317 e. The highest BCUT2D eigenvalue weighted by Gasteiger charge is 2.16. The summed E-state index contributed by atoms with van der Waals surface area (Å²) in [4.78, 5) is 11.8. The van der Waals surface area contributed by atoms with Crippen LogP contribution in [0.15, 0.2) is 22.8 Å². The van der Waals surface area contributed by atoms with Gasteiger partial charge in [0.05, 0.1) is 11.8 Å². The molecule has 2 N–H and O–H groups in total. The number of anilines is 1. The van der Waals surface area contributed by atoms with E-state index in [1.54, 1.807) is 6.92 Å². The van der Waals surface area contributed by atoms with Crippen LogP contribution in [0.1, 0.15) is 16.1 Å². The number of nitrogens with zero attached hydrogens (tertiary/aromatic N) is 1. The number of aromatic amines is 1. The number of amides is 1. The van der Waals surface area contributed by atoms with Crippen molar-refractivity contribution in [1.29, 1.82) is 0 Å². The first-order valence-corrected chi connectivity index (χ1v) is 5.74. The van der Waals surface area contributed by atoms with E-state index in [-0.39, 0.29) is 10.0 Å². The van der Waals surface area contributed by atoms with Gasteiger partial charge in [-0.1, -0.05) is 15.9 Å². The molecule has 4 nitrogen and oxygen atoms in total. The van der Waals surface area contributed by atoms with E-state index in [1.165, 1.54) is 6.20 Å². The van der Waals surface area contributed by atoms with E-state index in [0.29, 0.717) is 5.69 Å². The lowest BCUT2D eigenvalue weighted by atomic mass is 10.2. The van der Waals surface area contributed by atoms with Crippen molar-refractivity contribution in [2.24, 2.45) is 0 Å². The Morgan fingerprint density at radius 2 is 2.00 bits per heavy atom. The molecule has 0 unspecified atom stereocenters. The number of carbonyl (C=O) groups excluding carboxylic acids is 1. The molecule has 0 saturated carbocycles. The van der Waals surface area contributed by atoms with Gasteiger partial charge in [0.25, 0.3) is 5.91 Å². The normalized spacial score (nSPS) is 10.4. The van der Waals surface area contributed by atoms with Crippen LogP contribution in [-0.2, 0) is 0 Å². The van der Waals surface area contributed by atoms with Gasteiger partial charge in [-0.05, 0) is 19.1 Å². The molecule has 2 aromatic rings. The monoisotopic (exact) mass is 315 g/mol. The van der Waals surface area contributed by atoms with Crippen molar-refractivity contribution >= 4 is 27.5 Å². The van der Waals surface area contributed by atoms with Crippen molar-refractivity contribution in [3.63, 3.8) is 0 Å². The number of rotatable bonds is 2. The van der Waals surface area contributed by atoms with Gasteiger partial charge >= 0.3 is 0 Å². The third kappa shape index (κ3) is 2.40. The summed E-state index contributed by atoms with van der Waals surface area (Å²) in [5.41, 5.74) is 0.269. The average molecular weight is 316 g/mol. The van der Waals surface area contributed by atoms with Gasteiger partial charge in [-0.25, -0.2) is 8.78 Å².